The van der Waals surface area contributed by atoms with Gasteiger partial charge >= 0.3 is 0 Å². The molecule has 5 heteroatoms. The minimum atomic E-state index is -0.166. The normalized spacial score (nSPS) is 13.1. The van der Waals surface area contributed by atoms with Crippen LogP contribution in [0.25, 0.3) is 11.0 Å². The van der Waals surface area contributed by atoms with Crippen molar-refractivity contribution in [2.24, 2.45) is 5.92 Å². The summed E-state index contributed by atoms with van der Waals surface area (Å²) in [7, 11) is 3.11. The zero-order valence-electron chi connectivity index (χ0n) is 18.0. The van der Waals surface area contributed by atoms with E-state index in [1.165, 1.54) is 37.9 Å². The van der Waals surface area contributed by atoms with Crippen LogP contribution in [0.4, 0.5) is 0 Å². The fourth-order valence-electron chi connectivity index (χ4n) is 3.46. The van der Waals surface area contributed by atoms with E-state index in [0.29, 0.717) is 11.5 Å². The molecule has 0 radical (unpaired) electrons. The molecule has 2 aromatic rings. The van der Waals surface area contributed by atoms with Crippen molar-refractivity contribution >= 4 is 16.9 Å². The first-order valence-corrected chi connectivity index (χ1v) is 10.1. The minimum absolute atomic E-state index is 0.0600. The van der Waals surface area contributed by atoms with E-state index in [1.54, 1.807) is 7.05 Å². The maximum absolute atomic E-state index is 12.4. The molecule has 5 nitrogen and oxygen atoms in total. The number of carbonyl (C=O) groups is 1. The second kappa shape index (κ2) is 8.87. The molecule has 1 aromatic heterocycles. The van der Waals surface area contributed by atoms with Gasteiger partial charge in [-0.1, -0.05) is 53.9 Å². The van der Waals surface area contributed by atoms with E-state index >= 15 is 0 Å². The van der Waals surface area contributed by atoms with Crippen LogP contribution >= 0.6 is 0 Å². The quantitative estimate of drug-likeness (QED) is 0.599. The topological polar surface area (TPSA) is 47.4 Å². The third-order valence-electron chi connectivity index (χ3n) is 5.21. The lowest BCUT2D eigenvalue weighted by molar-refractivity contribution is -0.0756. The Kier molecular flexibility index (Phi) is 7.04. The van der Waals surface area contributed by atoms with E-state index in [0.717, 1.165) is 23.4 Å². The lowest BCUT2D eigenvalue weighted by Crippen LogP contribution is -2.25. The SMILES string of the molecule is CCCCC(CC)Cn1c(C(C)(C)C)nc2cc(C(=O)N(C)OC)ccc21. The van der Waals surface area contributed by atoms with Crippen LogP contribution in [0.5, 0.6) is 0 Å². The summed E-state index contributed by atoms with van der Waals surface area (Å²) in [4.78, 5) is 22.4. The number of rotatable bonds is 8. The highest BCUT2D eigenvalue weighted by atomic mass is 16.7. The summed E-state index contributed by atoms with van der Waals surface area (Å²) in [5, 5.41) is 1.24. The van der Waals surface area contributed by atoms with E-state index in [1.807, 2.05) is 18.2 Å². The number of nitrogens with zero attached hydrogens (tertiary/aromatic N) is 3. The van der Waals surface area contributed by atoms with Crippen molar-refractivity contribution in [2.45, 2.75) is 72.3 Å². The summed E-state index contributed by atoms with van der Waals surface area (Å²) in [5.74, 6) is 1.56. The number of aromatic nitrogens is 2. The van der Waals surface area contributed by atoms with Gasteiger partial charge in [0.1, 0.15) is 5.82 Å². The first-order chi connectivity index (χ1) is 12.7. The molecular formula is C22H35N3O2. The van der Waals surface area contributed by atoms with Crippen molar-refractivity contribution in [3.8, 4) is 0 Å². The fourth-order valence-corrected chi connectivity index (χ4v) is 3.46. The highest BCUT2D eigenvalue weighted by Crippen LogP contribution is 2.29. The molecule has 0 N–H and O–H groups in total. The van der Waals surface area contributed by atoms with Crippen molar-refractivity contribution < 1.29 is 9.63 Å². The molecule has 0 fully saturated rings. The number of hydroxylamine groups is 2. The molecule has 0 saturated heterocycles. The second-order valence-electron chi connectivity index (χ2n) is 8.40. The Balaban J connectivity index is 2.49. The van der Waals surface area contributed by atoms with Gasteiger partial charge in [-0.25, -0.2) is 10.0 Å². The number of hydrogen-bond donors (Lipinski definition) is 0. The van der Waals surface area contributed by atoms with Gasteiger partial charge in [-0.3, -0.25) is 9.63 Å². The first-order valence-electron chi connectivity index (χ1n) is 10.1. The van der Waals surface area contributed by atoms with Crippen LogP contribution in [0.1, 0.15) is 76.5 Å². The molecule has 1 amide bonds. The summed E-state index contributed by atoms with van der Waals surface area (Å²) < 4.78 is 2.37. The molecule has 0 aliphatic rings. The van der Waals surface area contributed by atoms with Crippen LogP contribution in [0.3, 0.4) is 0 Å². The molecule has 0 spiro atoms. The zero-order valence-corrected chi connectivity index (χ0v) is 18.0. The zero-order chi connectivity index (χ0) is 20.2. The van der Waals surface area contributed by atoms with Gasteiger partial charge in [0.25, 0.3) is 5.91 Å². The van der Waals surface area contributed by atoms with Gasteiger partial charge in [0.15, 0.2) is 0 Å². The molecular weight excluding hydrogens is 338 g/mol. The second-order valence-corrected chi connectivity index (χ2v) is 8.40. The van der Waals surface area contributed by atoms with E-state index in [4.69, 9.17) is 9.82 Å². The summed E-state index contributed by atoms with van der Waals surface area (Å²) in [6, 6.07) is 5.78. The van der Waals surface area contributed by atoms with Gasteiger partial charge in [-0.15, -0.1) is 0 Å². The van der Waals surface area contributed by atoms with Gasteiger partial charge < -0.3 is 4.57 Å². The van der Waals surface area contributed by atoms with Crippen LogP contribution in [0.2, 0.25) is 0 Å². The smallest absolute Gasteiger partial charge is 0.277 e. The van der Waals surface area contributed by atoms with Crippen molar-refractivity contribution in [1.29, 1.82) is 0 Å². The minimum Gasteiger partial charge on any atom is -0.327 e. The number of fused-ring (bicyclic) bond motifs is 1. The predicted molar refractivity (Wildman–Crippen MR) is 111 cm³/mol. The first kappa shape index (κ1) is 21.4. The highest BCUT2D eigenvalue weighted by molar-refractivity contribution is 5.96. The fraction of sp³-hybridized carbons (Fsp3) is 0.636. The molecule has 1 aromatic carbocycles. The average Bonchev–Trinajstić information content (AvgIpc) is 3.01. The largest absolute Gasteiger partial charge is 0.327 e. The molecule has 1 heterocycles. The lowest BCUT2D eigenvalue weighted by atomic mass is 9.94. The third kappa shape index (κ3) is 4.89. The Labute approximate surface area is 163 Å². The van der Waals surface area contributed by atoms with Crippen LogP contribution in [0, 0.1) is 5.92 Å². The van der Waals surface area contributed by atoms with E-state index in [-0.39, 0.29) is 11.3 Å². The third-order valence-corrected chi connectivity index (χ3v) is 5.21. The predicted octanol–water partition coefficient (Wildman–Crippen LogP) is 5.18. The standard InChI is InChI=1S/C22H35N3O2/c1-8-10-11-16(9-2)15-25-19-13-12-17(20(26)24(6)27-7)14-18(19)23-21(25)22(3,4)5/h12-14,16H,8-11,15H2,1-7H3. The monoisotopic (exact) mass is 373 g/mol. The van der Waals surface area contributed by atoms with Crippen LogP contribution in [-0.2, 0) is 16.8 Å². The highest BCUT2D eigenvalue weighted by Gasteiger charge is 2.25. The molecule has 1 atom stereocenters. The van der Waals surface area contributed by atoms with Crippen molar-refractivity contribution in [1.82, 2.24) is 14.6 Å². The van der Waals surface area contributed by atoms with Crippen LogP contribution in [-0.4, -0.2) is 34.7 Å². The van der Waals surface area contributed by atoms with Crippen LogP contribution in [0.15, 0.2) is 18.2 Å². The summed E-state index contributed by atoms with van der Waals surface area (Å²) >= 11 is 0. The Bertz CT molecular complexity index is 774. The number of amides is 1. The molecule has 27 heavy (non-hydrogen) atoms. The molecule has 1 unspecified atom stereocenters. The molecule has 0 bridgehead atoms. The van der Waals surface area contributed by atoms with E-state index < -0.39 is 0 Å². The number of benzene rings is 1. The molecule has 0 saturated carbocycles. The maximum Gasteiger partial charge on any atom is 0.277 e. The van der Waals surface area contributed by atoms with Crippen LogP contribution < -0.4 is 0 Å². The van der Waals surface area contributed by atoms with Gasteiger partial charge in [0.2, 0.25) is 0 Å². The van der Waals surface area contributed by atoms with Gasteiger partial charge in [-0.05, 0) is 30.5 Å². The average molecular weight is 374 g/mol. The summed E-state index contributed by atoms with van der Waals surface area (Å²) in [6.45, 7) is 12.1. The summed E-state index contributed by atoms with van der Waals surface area (Å²) in [6.07, 6.45) is 4.90. The number of imidazole rings is 1. The van der Waals surface area contributed by atoms with Gasteiger partial charge in [0, 0.05) is 24.6 Å². The van der Waals surface area contributed by atoms with Crippen molar-refractivity contribution in [3.05, 3.63) is 29.6 Å². The molecule has 0 aliphatic carbocycles. The van der Waals surface area contributed by atoms with Crippen molar-refractivity contribution in [3.63, 3.8) is 0 Å². The lowest BCUT2D eigenvalue weighted by Gasteiger charge is -2.23. The van der Waals surface area contributed by atoms with E-state index in [9.17, 15) is 4.79 Å². The molecule has 150 valence electrons. The van der Waals surface area contributed by atoms with Crippen molar-refractivity contribution in [2.75, 3.05) is 14.2 Å². The Hall–Kier alpha value is -1.88. The Morgan fingerprint density at radius 1 is 1.30 bits per heavy atom. The van der Waals surface area contributed by atoms with E-state index in [2.05, 4.69) is 39.2 Å². The number of carbonyl (C=O) groups excluding carboxylic acids is 1. The maximum atomic E-state index is 12.4. The molecule has 0 aliphatic heterocycles. The number of unbranched alkanes of at least 4 members (excludes halogenated alkanes) is 1. The Morgan fingerprint density at radius 2 is 2.00 bits per heavy atom. The number of hydrogen-bond acceptors (Lipinski definition) is 3. The van der Waals surface area contributed by atoms with Gasteiger partial charge in [-0.2, -0.15) is 0 Å². The molecule has 2 rings (SSSR count). The summed E-state index contributed by atoms with van der Waals surface area (Å²) in [5.41, 5.74) is 2.51. The van der Waals surface area contributed by atoms with Gasteiger partial charge in [0.05, 0.1) is 18.1 Å². The Morgan fingerprint density at radius 3 is 2.56 bits per heavy atom.